The Bertz CT molecular complexity index is 1150. The summed E-state index contributed by atoms with van der Waals surface area (Å²) < 4.78 is 1.37. The molecule has 0 saturated heterocycles. The van der Waals surface area contributed by atoms with Gasteiger partial charge in [0.25, 0.3) is 0 Å². The van der Waals surface area contributed by atoms with Gasteiger partial charge < -0.3 is 20.2 Å². The van der Waals surface area contributed by atoms with E-state index < -0.39 is 5.41 Å². The third-order valence-corrected chi connectivity index (χ3v) is 4.77. The number of hydrogen-bond donors (Lipinski definition) is 3. The Hall–Kier alpha value is -3.49. The molecule has 0 saturated carbocycles. The summed E-state index contributed by atoms with van der Waals surface area (Å²) in [7, 11) is 3.11. The highest BCUT2D eigenvalue weighted by Gasteiger charge is 2.48. The van der Waals surface area contributed by atoms with E-state index in [2.05, 4.69) is 25.6 Å². The van der Waals surface area contributed by atoms with E-state index in [9.17, 15) is 14.4 Å². The third kappa shape index (κ3) is 2.06. The number of rotatable bonds is 2. The van der Waals surface area contributed by atoms with Crippen molar-refractivity contribution in [2.45, 2.75) is 12.3 Å². The van der Waals surface area contributed by atoms with E-state index in [1.807, 2.05) is 0 Å². The Kier molecular flexibility index (Phi) is 3.23. The van der Waals surface area contributed by atoms with Crippen molar-refractivity contribution in [2.24, 2.45) is 7.05 Å². The van der Waals surface area contributed by atoms with Gasteiger partial charge in [0, 0.05) is 37.7 Å². The molecule has 9 nitrogen and oxygen atoms in total. The van der Waals surface area contributed by atoms with Gasteiger partial charge in [-0.3, -0.25) is 9.59 Å². The average Bonchev–Trinajstić information content (AvgIpc) is 3.14. The number of nitrogens with one attached hydrogen (secondary N) is 3. The van der Waals surface area contributed by atoms with Gasteiger partial charge in [-0.05, 0) is 19.1 Å². The van der Waals surface area contributed by atoms with Crippen LogP contribution in [0.4, 0.5) is 5.69 Å². The van der Waals surface area contributed by atoms with Gasteiger partial charge in [0.15, 0.2) is 5.41 Å². The molecule has 0 fully saturated rings. The zero-order chi connectivity index (χ0) is 18.6. The highest BCUT2D eigenvalue weighted by molar-refractivity contribution is 6.21. The number of carbonyl (C=O) groups is 2. The molecule has 1 aromatic carbocycles. The number of imidazole rings is 1. The van der Waals surface area contributed by atoms with E-state index in [0.717, 1.165) is 0 Å². The monoisotopic (exact) mass is 352 g/mol. The molecule has 1 aliphatic heterocycles. The van der Waals surface area contributed by atoms with Crippen molar-refractivity contribution in [1.82, 2.24) is 24.8 Å². The van der Waals surface area contributed by atoms with Crippen LogP contribution in [0.2, 0.25) is 0 Å². The van der Waals surface area contributed by atoms with Gasteiger partial charge in [0.2, 0.25) is 11.8 Å². The molecule has 3 heterocycles. The molecule has 0 spiro atoms. The van der Waals surface area contributed by atoms with Gasteiger partial charge in [0.1, 0.15) is 5.82 Å². The molecule has 1 aliphatic rings. The number of nitrogens with zero attached hydrogens (tertiary/aromatic N) is 3. The minimum absolute atomic E-state index is 0.354. The second kappa shape index (κ2) is 5.25. The quantitative estimate of drug-likeness (QED) is 0.572. The number of H-pyrrole nitrogens is 1. The molecule has 0 radical (unpaired) electrons. The van der Waals surface area contributed by atoms with Gasteiger partial charge in [-0.15, -0.1) is 0 Å². The first kappa shape index (κ1) is 16.0. The molecule has 1 atom stereocenters. The molecule has 0 aliphatic carbocycles. The number of likely N-dealkylation sites (N-methyl/N-ethyl adjacent to an activating group) is 1. The predicted octanol–water partition coefficient (Wildman–Crippen LogP) is 0.279. The number of hydrogen-bond acceptors (Lipinski definition) is 5. The van der Waals surface area contributed by atoms with Crippen LogP contribution in [0, 0.1) is 0 Å². The largest absolute Gasteiger partial charge is 0.358 e. The Morgan fingerprint density at radius 2 is 2.08 bits per heavy atom. The zero-order valence-electron chi connectivity index (χ0n) is 14.4. The van der Waals surface area contributed by atoms with Crippen molar-refractivity contribution in [1.29, 1.82) is 0 Å². The maximum atomic E-state index is 12.4. The van der Waals surface area contributed by atoms with Crippen LogP contribution in [0.25, 0.3) is 22.4 Å². The van der Waals surface area contributed by atoms with Crippen molar-refractivity contribution in [3.63, 3.8) is 0 Å². The smallest absolute Gasteiger partial charge is 0.347 e. The van der Waals surface area contributed by atoms with Crippen LogP contribution in [0.3, 0.4) is 0 Å². The van der Waals surface area contributed by atoms with E-state index in [-0.39, 0.29) is 17.5 Å². The van der Waals surface area contributed by atoms with E-state index in [0.29, 0.717) is 33.7 Å². The fourth-order valence-electron chi connectivity index (χ4n) is 3.19. The summed E-state index contributed by atoms with van der Waals surface area (Å²) in [5.41, 5.74) is 1.45. The lowest BCUT2D eigenvalue weighted by atomic mass is 9.82. The van der Waals surface area contributed by atoms with Crippen LogP contribution in [-0.2, 0) is 22.1 Å². The highest BCUT2D eigenvalue weighted by Crippen LogP contribution is 2.40. The summed E-state index contributed by atoms with van der Waals surface area (Å²) >= 11 is 0. The fraction of sp³-hybridized carbons (Fsp3) is 0.235. The van der Waals surface area contributed by atoms with E-state index >= 15 is 0 Å². The molecular weight excluding hydrogens is 336 g/mol. The first-order valence-corrected chi connectivity index (χ1v) is 7.95. The van der Waals surface area contributed by atoms with Gasteiger partial charge in [-0.25, -0.2) is 14.8 Å². The topological polar surface area (TPSA) is 122 Å². The lowest BCUT2D eigenvalue weighted by molar-refractivity contribution is -0.133. The molecule has 4 rings (SSSR count). The lowest BCUT2D eigenvalue weighted by Crippen LogP contribution is -2.45. The maximum absolute atomic E-state index is 12.4. The van der Waals surface area contributed by atoms with Crippen molar-refractivity contribution >= 4 is 28.5 Å². The summed E-state index contributed by atoms with van der Waals surface area (Å²) in [6, 6.07) is 3.48. The Morgan fingerprint density at radius 3 is 2.77 bits per heavy atom. The van der Waals surface area contributed by atoms with Gasteiger partial charge >= 0.3 is 5.69 Å². The normalized spacial score (nSPS) is 18.7. The maximum Gasteiger partial charge on any atom is 0.347 e. The summed E-state index contributed by atoms with van der Waals surface area (Å²) in [6.07, 6.45) is 3.08. The van der Waals surface area contributed by atoms with Crippen LogP contribution in [0.15, 0.2) is 29.3 Å². The van der Waals surface area contributed by atoms with E-state index in [4.69, 9.17) is 0 Å². The van der Waals surface area contributed by atoms with Gasteiger partial charge in [0.05, 0.1) is 16.6 Å². The summed E-state index contributed by atoms with van der Waals surface area (Å²) in [4.78, 5) is 47.6. The molecule has 0 bridgehead atoms. The molecule has 26 heavy (non-hydrogen) atoms. The van der Waals surface area contributed by atoms with Crippen molar-refractivity contribution < 1.29 is 9.59 Å². The first-order valence-electron chi connectivity index (χ1n) is 7.95. The second-order valence-corrected chi connectivity index (χ2v) is 6.39. The molecule has 2 amide bonds. The lowest BCUT2D eigenvalue weighted by Gasteiger charge is -2.19. The number of carbonyl (C=O) groups excluding carboxylic acids is 2. The number of anilines is 1. The minimum Gasteiger partial charge on any atom is -0.358 e. The Morgan fingerprint density at radius 1 is 1.31 bits per heavy atom. The second-order valence-electron chi connectivity index (χ2n) is 6.39. The molecule has 132 valence electrons. The SMILES string of the molecule is CNC(=O)C1(C)C(=O)Nc2cc3[nH]c(-c4cnc(=O)n(C)c4)nc3cc21. The standard InChI is InChI=1S/C17H16N6O3/c1-17(14(24)18-2)9-4-11-12(5-10(9)22-15(17)25)21-13(20-11)8-6-19-16(26)23(3)7-8/h4-7H,1-3H3,(H,18,24)(H,20,21)(H,22,25). The van der Waals surface area contributed by atoms with Crippen LogP contribution < -0.4 is 16.3 Å². The highest BCUT2D eigenvalue weighted by atomic mass is 16.2. The molecule has 2 aromatic heterocycles. The number of fused-ring (bicyclic) bond motifs is 2. The number of benzene rings is 1. The van der Waals surface area contributed by atoms with Crippen LogP contribution in [0.1, 0.15) is 12.5 Å². The summed E-state index contributed by atoms with van der Waals surface area (Å²) in [5.74, 6) is -0.215. The number of amides is 2. The van der Waals surface area contributed by atoms with Crippen LogP contribution >= 0.6 is 0 Å². The summed E-state index contributed by atoms with van der Waals surface area (Å²) in [5, 5.41) is 5.30. The summed E-state index contributed by atoms with van der Waals surface area (Å²) in [6.45, 7) is 1.59. The molecule has 9 heteroatoms. The van der Waals surface area contributed by atoms with E-state index in [1.165, 1.54) is 17.8 Å². The molecule has 1 unspecified atom stereocenters. The first-order chi connectivity index (χ1) is 12.3. The number of aromatic nitrogens is 4. The predicted molar refractivity (Wildman–Crippen MR) is 94.6 cm³/mol. The van der Waals surface area contributed by atoms with Crippen LogP contribution in [-0.4, -0.2) is 38.4 Å². The van der Waals surface area contributed by atoms with Gasteiger partial charge in [-0.2, -0.15) is 0 Å². The molecule has 3 N–H and O–H groups in total. The van der Waals surface area contributed by atoms with Crippen LogP contribution in [0.5, 0.6) is 0 Å². The molecule has 3 aromatic rings. The third-order valence-electron chi connectivity index (χ3n) is 4.77. The fourth-order valence-corrected chi connectivity index (χ4v) is 3.19. The average molecular weight is 352 g/mol. The molecular formula is C17H16N6O3. The Balaban J connectivity index is 1.87. The van der Waals surface area contributed by atoms with Crippen molar-refractivity contribution in [2.75, 3.05) is 12.4 Å². The van der Waals surface area contributed by atoms with Gasteiger partial charge in [-0.1, -0.05) is 0 Å². The number of aromatic amines is 1. The zero-order valence-corrected chi connectivity index (χ0v) is 14.4. The van der Waals surface area contributed by atoms with Crippen molar-refractivity contribution in [3.05, 3.63) is 40.6 Å². The van der Waals surface area contributed by atoms with Crippen molar-refractivity contribution in [3.8, 4) is 11.4 Å². The Labute approximate surface area is 147 Å². The number of aryl methyl sites for hydroxylation is 1. The van der Waals surface area contributed by atoms with E-state index in [1.54, 1.807) is 32.3 Å². The minimum atomic E-state index is -1.31.